The average molecular weight is 399 g/mol. The van der Waals surface area contributed by atoms with Gasteiger partial charge in [0.05, 0.1) is 20.8 Å². The number of oxazole rings is 1. The molecule has 130 valence electrons. The first-order chi connectivity index (χ1) is 11.7. The molecule has 4 nitrogen and oxygen atoms in total. The maximum Gasteiger partial charge on any atom is 0.427 e. The Hall–Kier alpha value is -1.88. The fourth-order valence-electron chi connectivity index (χ4n) is 2.96. The van der Waals surface area contributed by atoms with Gasteiger partial charge in [0.15, 0.2) is 0 Å². The highest BCUT2D eigenvalue weighted by atomic mass is 35.5. The molecule has 0 bridgehead atoms. The van der Waals surface area contributed by atoms with Crippen LogP contribution in [0, 0.1) is 20.8 Å². The van der Waals surface area contributed by atoms with E-state index in [1.165, 1.54) is 12.1 Å². The van der Waals surface area contributed by atoms with Gasteiger partial charge in [0.2, 0.25) is 11.6 Å². The van der Waals surface area contributed by atoms with Gasteiger partial charge in [-0.25, -0.2) is 9.36 Å². The largest absolute Gasteiger partial charge is 0.491 e. The van der Waals surface area contributed by atoms with E-state index in [0.717, 1.165) is 21.3 Å². The number of aryl methyl sites for hydroxylation is 3. The normalized spacial score (nSPS) is 11.1. The molecule has 1 aromatic heterocycles. The van der Waals surface area contributed by atoms with Crippen LogP contribution >= 0.6 is 34.8 Å². The Bertz CT molecular complexity index is 1030. The molecule has 0 fully saturated rings. The van der Waals surface area contributed by atoms with Crippen molar-refractivity contribution in [2.24, 2.45) is 0 Å². The van der Waals surface area contributed by atoms with Gasteiger partial charge in [-0.15, -0.1) is 0 Å². The first-order valence-corrected chi connectivity index (χ1v) is 8.52. The Kier molecular flexibility index (Phi) is 4.62. The van der Waals surface area contributed by atoms with E-state index in [1.54, 1.807) is 0 Å². The van der Waals surface area contributed by atoms with Crippen LogP contribution in [0.25, 0.3) is 17.0 Å². The lowest BCUT2D eigenvalue weighted by molar-refractivity contribution is 0.442. The standard InChI is InChI=1S/C18H14Cl3NO3/c1-8-4-9(2)15(10(3)5-8)16-17(23)22(18(24)25-16)14-7-12(20)11(19)6-13(14)21/h4-7,23H,1-3H3. The summed E-state index contributed by atoms with van der Waals surface area (Å²) in [6.07, 6.45) is 0. The van der Waals surface area contributed by atoms with Crippen molar-refractivity contribution in [3.05, 3.63) is 66.6 Å². The zero-order chi connectivity index (χ0) is 18.5. The summed E-state index contributed by atoms with van der Waals surface area (Å²) in [5.41, 5.74) is 3.70. The number of halogens is 3. The minimum Gasteiger partial charge on any atom is -0.491 e. The Balaban J connectivity index is 2.29. The SMILES string of the molecule is Cc1cc(C)c(-c2oc(=O)n(-c3cc(Cl)c(Cl)cc3Cl)c2O)c(C)c1. The fourth-order valence-corrected chi connectivity index (χ4v) is 3.59. The van der Waals surface area contributed by atoms with Crippen LogP contribution in [0.15, 0.2) is 33.5 Å². The topological polar surface area (TPSA) is 55.4 Å². The number of benzene rings is 2. The summed E-state index contributed by atoms with van der Waals surface area (Å²) in [6, 6.07) is 6.71. The maximum absolute atomic E-state index is 12.4. The van der Waals surface area contributed by atoms with Crippen molar-refractivity contribution in [1.29, 1.82) is 0 Å². The first-order valence-electron chi connectivity index (χ1n) is 7.38. The van der Waals surface area contributed by atoms with E-state index in [2.05, 4.69) is 0 Å². The molecule has 0 aliphatic rings. The van der Waals surface area contributed by atoms with Crippen LogP contribution in [0.4, 0.5) is 0 Å². The molecule has 0 saturated carbocycles. The third-order valence-electron chi connectivity index (χ3n) is 3.92. The minimum atomic E-state index is -0.771. The number of aromatic nitrogens is 1. The second-order valence-electron chi connectivity index (χ2n) is 5.85. The molecule has 7 heteroatoms. The number of hydrogen-bond acceptors (Lipinski definition) is 3. The maximum atomic E-state index is 12.4. The van der Waals surface area contributed by atoms with Gasteiger partial charge in [0.25, 0.3) is 0 Å². The van der Waals surface area contributed by atoms with Crippen LogP contribution in [0.5, 0.6) is 5.88 Å². The summed E-state index contributed by atoms with van der Waals surface area (Å²) in [6.45, 7) is 5.75. The second-order valence-corrected chi connectivity index (χ2v) is 7.07. The van der Waals surface area contributed by atoms with Crippen molar-refractivity contribution < 1.29 is 9.52 Å². The molecule has 0 unspecified atom stereocenters. The van der Waals surface area contributed by atoms with Crippen LogP contribution in [-0.2, 0) is 0 Å². The molecular weight excluding hydrogens is 385 g/mol. The molecule has 0 amide bonds. The highest BCUT2D eigenvalue weighted by Gasteiger charge is 2.23. The summed E-state index contributed by atoms with van der Waals surface area (Å²) in [5, 5.41) is 11.3. The quantitative estimate of drug-likeness (QED) is 0.564. The number of rotatable bonds is 2. The van der Waals surface area contributed by atoms with Crippen molar-refractivity contribution in [2.75, 3.05) is 0 Å². The van der Waals surface area contributed by atoms with Crippen molar-refractivity contribution in [2.45, 2.75) is 20.8 Å². The van der Waals surface area contributed by atoms with Crippen LogP contribution < -0.4 is 5.76 Å². The predicted molar refractivity (Wildman–Crippen MR) is 101 cm³/mol. The van der Waals surface area contributed by atoms with Crippen LogP contribution in [-0.4, -0.2) is 9.67 Å². The third kappa shape index (κ3) is 3.06. The van der Waals surface area contributed by atoms with E-state index >= 15 is 0 Å². The third-order valence-corrected chi connectivity index (χ3v) is 4.95. The average Bonchev–Trinajstić information content (AvgIpc) is 2.77. The molecule has 0 aliphatic heterocycles. The molecule has 3 aromatic rings. The van der Waals surface area contributed by atoms with Gasteiger partial charge in [-0.05, 0) is 44.0 Å². The van der Waals surface area contributed by atoms with Crippen molar-refractivity contribution in [1.82, 2.24) is 4.57 Å². The lowest BCUT2D eigenvalue weighted by atomic mass is 9.98. The summed E-state index contributed by atoms with van der Waals surface area (Å²) >= 11 is 18.1. The van der Waals surface area contributed by atoms with E-state index in [0.29, 0.717) is 5.56 Å². The van der Waals surface area contributed by atoms with Gasteiger partial charge in [0, 0.05) is 5.56 Å². The van der Waals surface area contributed by atoms with Crippen LogP contribution in [0.1, 0.15) is 16.7 Å². The highest BCUT2D eigenvalue weighted by Crippen LogP contribution is 2.38. The fraction of sp³-hybridized carbons (Fsp3) is 0.167. The van der Waals surface area contributed by atoms with Crippen molar-refractivity contribution >= 4 is 34.8 Å². The van der Waals surface area contributed by atoms with Crippen LogP contribution in [0.3, 0.4) is 0 Å². The first kappa shape index (κ1) is 17.9. The number of aromatic hydroxyl groups is 1. The molecular formula is C18H14Cl3NO3. The molecule has 1 N–H and O–H groups in total. The molecule has 0 radical (unpaired) electrons. The monoisotopic (exact) mass is 397 g/mol. The van der Waals surface area contributed by atoms with Crippen molar-refractivity contribution in [3.8, 4) is 22.9 Å². The van der Waals surface area contributed by atoms with Gasteiger partial charge < -0.3 is 9.52 Å². The molecule has 3 rings (SSSR count). The summed E-state index contributed by atoms with van der Waals surface area (Å²) in [5.74, 6) is -1.03. The Morgan fingerprint density at radius 2 is 1.48 bits per heavy atom. The van der Waals surface area contributed by atoms with Gasteiger partial charge in [-0.3, -0.25) is 0 Å². The molecule has 0 saturated heterocycles. The van der Waals surface area contributed by atoms with E-state index in [9.17, 15) is 9.90 Å². The molecule has 0 aliphatic carbocycles. The van der Waals surface area contributed by atoms with Crippen molar-refractivity contribution in [3.63, 3.8) is 0 Å². The molecule has 25 heavy (non-hydrogen) atoms. The van der Waals surface area contributed by atoms with Crippen LogP contribution in [0.2, 0.25) is 15.1 Å². The Morgan fingerprint density at radius 3 is 2.08 bits per heavy atom. The zero-order valence-corrected chi connectivity index (χ0v) is 15.9. The van der Waals surface area contributed by atoms with Gasteiger partial charge in [0.1, 0.15) is 0 Å². The zero-order valence-electron chi connectivity index (χ0n) is 13.7. The Morgan fingerprint density at radius 1 is 0.920 bits per heavy atom. The smallest absolute Gasteiger partial charge is 0.427 e. The van der Waals surface area contributed by atoms with E-state index in [-0.39, 0.29) is 32.4 Å². The van der Waals surface area contributed by atoms with E-state index < -0.39 is 5.76 Å². The summed E-state index contributed by atoms with van der Waals surface area (Å²) in [4.78, 5) is 12.4. The van der Waals surface area contributed by atoms with Gasteiger partial charge in [-0.2, -0.15) is 0 Å². The highest BCUT2D eigenvalue weighted by molar-refractivity contribution is 6.43. The lowest BCUT2D eigenvalue weighted by Gasteiger charge is -2.10. The number of nitrogens with zero attached hydrogens (tertiary/aromatic N) is 1. The Labute approximate surface area is 159 Å². The summed E-state index contributed by atoms with van der Waals surface area (Å²) < 4.78 is 6.31. The molecule has 0 spiro atoms. The number of hydrogen-bond donors (Lipinski definition) is 1. The minimum absolute atomic E-state index is 0.0853. The molecule has 0 atom stereocenters. The van der Waals surface area contributed by atoms with Gasteiger partial charge in [-0.1, -0.05) is 52.5 Å². The predicted octanol–water partition coefficient (Wildman–Crippen LogP) is 5.69. The van der Waals surface area contributed by atoms with E-state index in [4.69, 9.17) is 39.2 Å². The second kappa shape index (κ2) is 6.45. The molecule has 1 heterocycles. The van der Waals surface area contributed by atoms with E-state index in [1.807, 2.05) is 32.9 Å². The lowest BCUT2D eigenvalue weighted by Crippen LogP contribution is -2.11. The summed E-state index contributed by atoms with van der Waals surface area (Å²) in [7, 11) is 0. The molecule has 2 aromatic carbocycles. The van der Waals surface area contributed by atoms with Gasteiger partial charge >= 0.3 is 5.76 Å².